The van der Waals surface area contributed by atoms with Crippen molar-refractivity contribution in [2.24, 2.45) is 21.7 Å². The average Bonchev–Trinajstić information content (AvgIpc) is 3.18. The van der Waals surface area contributed by atoms with Crippen LogP contribution in [0.1, 0.15) is 106 Å². The van der Waals surface area contributed by atoms with Gasteiger partial charge in [-0.3, -0.25) is 39.1 Å². The number of carbonyl (C=O) groups excluding carboxylic acids is 4. The molecule has 4 heterocycles. The van der Waals surface area contributed by atoms with Crippen molar-refractivity contribution >= 4 is 39.2 Å². The summed E-state index contributed by atoms with van der Waals surface area (Å²) in [6.45, 7) is 24.7. The number of halogens is 12. The molecule has 12 nitrogen and oxygen atoms in total. The zero-order valence-corrected chi connectivity index (χ0v) is 45.2. The van der Waals surface area contributed by atoms with Gasteiger partial charge in [-0.2, -0.15) is 0 Å². The normalized spacial score (nSPS) is 13.1. The van der Waals surface area contributed by atoms with E-state index >= 15 is 0 Å². The molecule has 0 bridgehead atoms. The minimum atomic E-state index is -10.7. The maximum absolute atomic E-state index is 11.5. The SMILES string of the molecule is CC(C)(C)C(=O)NCc1ccccn1.CC(C)(C)C(=O)NCc1ccccn1.CC(C)(C)C(=O)NCc1ccccn1.CC(C)(C)C(=O)NCc1ccccn1.F[P-](F)(F)(F)(F)F.F[P-](F)(F)(F)(F)F.[Cu+].[Cu+]. The number of nitrogens with zero attached hydrogens (tertiary/aromatic N) is 4. The maximum atomic E-state index is 11.5. The number of nitrogens with one attached hydrogen (secondary N) is 4. The Hall–Kier alpha value is -4.46. The van der Waals surface area contributed by atoms with Crippen molar-refractivity contribution in [1.82, 2.24) is 41.2 Å². The standard InChI is InChI=1S/4C11H16N2O.2Cu.2F6P/c4*1-11(2,3)10(14)13-8-9-6-4-5-7-12-9;;;2*1-7(2,3,4,5)6/h4*4-7H,8H2,1-3H3,(H,13,14);;;;/q;;;;2*+1;2*-1. The van der Waals surface area contributed by atoms with Crippen molar-refractivity contribution in [1.29, 1.82) is 0 Å². The van der Waals surface area contributed by atoms with Crippen LogP contribution >= 0.6 is 15.6 Å². The van der Waals surface area contributed by atoms with E-state index in [0.717, 1.165) is 22.8 Å². The first-order chi connectivity index (χ1) is 30.9. The van der Waals surface area contributed by atoms with Gasteiger partial charge in [0.2, 0.25) is 23.6 Å². The Morgan fingerprint density at radius 3 is 0.583 bits per heavy atom. The number of hydrogen-bond acceptors (Lipinski definition) is 8. The van der Waals surface area contributed by atoms with E-state index in [1.807, 2.05) is 156 Å². The number of carbonyl (C=O) groups is 4. The van der Waals surface area contributed by atoms with Gasteiger partial charge in [0, 0.05) is 46.4 Å². The Labute approximate surface area is 433 Å². The Balaban J connectivity index is -0.000000391. The van der Waals surface area contributed by atoms with Crippen molar-refractivity contribution in [3.63, 3.8) is 0 Å². The fraction of sp³-hybridized carbons (Fsp3) is 0.455. The van der Waals surface area contributed by atoms with Crippen LogP contribution in [0.25, 0.3) is 0 Å². The number of rotatable bonds is 8. The second-order valence-corrected chi connectivity index (χ2v) is 22.8. The van der Waals surface area contributed by atoms with Crippen LogP contribution in [0.2, 0.25) is 0 Å². The molecule has 4 rings (SSSR count). The first kappa shape index (κ1) is 74.1. The zero-order chi connectivity index (χ0) is 55.2. The van der Waals surface area contributed by atoms with Crippen LogP contribution in [0.5, 0.6) is 0 Å². The van der Waals surface area contributed by atoms with Crippen molar-refractivity contribution in [3.05, 3.63) is 120 Å². The number of amides is 4. The molecule has 4 aromatic rings. The summed E-state index contributed by atoms with van der Waals surface area (Å²) in [4.78, 5) is 62.5. The molecule has 4 aromatic heterocycles. The summed E-state index contributed by atoms with van der Waals surface area (Å²) in [6.07, 6.45) is 6.88. The van der Waals surface area contributed by atoms with Crippen molar-refractivity contribution in [3.8, 4) is 0 Å². The van der Waals surface area contributed by atoms with Crippen LogP contribution < -0.4 is 21.3 Å². The average molecular weight is 1190 g/mol. The van der Waals surface area contributed by atoms with E-state index in [4.69, 9.17) is 0 Å². The van der Waals surface area contributed by atoms with Gasteiger partial charge in [0.1, 0.15) is 0 Å². The van der Waals surface area contributed by atoms with Crippen LogP contribution in [0.4, 0.5) is 50.4 Å². The van der Waals surface area contributed by atoms with Crippen LogP contribution in [-0.2, 0) is 79.5 Å². The van der Waals surface area contributed by atoms with Crippen LogP contribution in [-0.4, -0.2) is 43.6 Å². The van der Waals surface area contributed by atoms with Gasteiger partial charge in [-0.25, -0.2) is 0 Å². The van der Waals surface area contributed by atoms with Crippen molar-refractivity contribution in [2.45, 2.75) is 109 Å². The number of pyridine rings is 4. The predicted molar refractivity (Wildman–Crippen MR) is 249 cm³/mol. The Morgan fingerprint density at radius 1 is 0.347 bits per heavy atom. The molecule has 0 radical (unpaired) electrons. The molecule has 0 aliphatic rings. The van der Waals surface area contributed by atoms with Gasteiger partial charge < -0.3 is 21.3 Å². The second-order valence-electron chi connectivity index (χ2n) is 18.9. The fourth-order valence-electron chi connectivity index (χ4n) is 3.75. The van der Waals surface area contributed by atoms with Crippen molar-refractivity contribution in [2.75, 3.05) is 0 Å². The first-order valence-corrected chi connectivity index (χ1v) is 24.8. The Morgan fingerprint density at radius 2 is 0.486 bits per heavy atom. The quantitative estimate of drug-likeness (QED) is 0.0768. The molecule has 0 saturated carbocycles. The van der Waals surface area contributed by atoms with E-state index < -0.39 is 15.6 Å². The van der Waals surface area contributed by atoms with Crippen molar-refractivity contribution < 1.29 is 104 Å². The van der Waals surface area contributed by atoms with Gasteiger partial charge in [0.05, 0.1) is 49.0 Å². The largest absolute Gasteiger partial charge is 1.00 e. The van der Waals surface area contributed by atoms with Gasteiger partial charge in [-0.05, 0) is 48.5 Å². The molecular formula is C44H64Cu2F12N8O4P2. The summed E-state index contributed by atoms with van der Waals surface area (Å²) >= 11 is 0. The minimum Gasteiger partial charge on any atom is 1.00 e. The van der Waals surface area contributed by atoms with Gasteiger partial charge in [0.25, 0.3) is 0 Å². The molecule has 0 aromatic carbocycles. The Bertz CT molecular complexity index is 1910. The molecule has 0 aliphatic carbocycles. The molecule has 4 amide bonds. The molecule has 28 heteroatoms. The molecule has 0 atom stereocenters. The van der Waals surface area contributed by atoms with Crippen LogP contribution in [0.3, 0.4) is 0 Å². The molecule has 0 fully saturated rings. The Kier molecular flexibility index (Phi) is 28.5. The molecule has 0 unspecified atom stereocenters. The maximum Gasteiger partial charge on any atom is 1.00 e. The van der Waals surface area contributed by atoms with E-state index in [9.17, 15) is 69.5 Å². The molecule has 0 aliphatic heterocycles. The second kappa shape index (κ2) is 27.7. The fourth-order valence-corrected chi connectivity index (χ4v) is 3.75. The van der Waals surface area contributed by atoms with E-state index in [0.29, 0.717) is 26.2 Å². The topological polar surface area (TPSA) is 168 Å². The van der Waals surface area contributed by atoms with Gasteiger partial charge >= 0.3 is 100 Å². The van der Waals surface area contributed by atoms with Crippen LogP contribution in [0.15, 0.2) is 97.6 Å². The summed E-state index contributed by atoms with van der Waals surface area (Å²) < 4.78 is 118. The van der Waals surface area contributed by atoms with E-state index in [1.165, 1.54) is 0 Å². The smallest absolute Gasteiger partial charge is 1.00 e. The molecule has 4 N–H and O–H groups in total. The van der Waals surface area contributed by atoms with Gasteiger partial charge in [-0.15, -0.1) is 0 Å². The third-order valence-corrected chi connectivity index (χ3v) is 7.35. The third-order valence-electron chi connectivity index (χ3n) is 7.35. The molecule has 0 spiro atoms. The summed E-state index contributed by atoms with van der Waals surface area (Å²) in [5.41, 5.74) is 2.16. The zero-order valence-electron chi connectivity index (χ0n) is 41.5. The van der Waals surface area contributed by atoms with E-state index in [-0.39, 0.29) is 79.4 Å². The minimum absolute atomic E-state index is 0. The summed E-state index contributed by atoms with van der Waals surface area (Å²) in [5.74, 6) is 0.178. The summed E-state index contributed by atoms with van der Waals surface area (Å²) in [5, 5.41) is 11.3. The first-order valence-electron chi connectivity index (χ1n) is 20.8. The molecule has 0 saturated heterocycles. The molecule has 72 heavy (non-hydrogen) atoms. The van der Waals surface area contributed by atoms with E-state index in [1.54, 1.807) is 24.8 Å². The van der Waals surface area contributed by atoms with E-state index in [2.05, 4.69) is 41.2 Å². The van der Waals surface area contributed by atoms with Gasteiger partial charge in [-0.1, -0.05) is 107 Å². The molecule has 420 valence electrons. The third kappa shape index (κ3) is 53.3. The monoisotopic (exact) mass is 1180 g/mol. The summed E-state index contributed by atoms with van der Waals surface area (Å²) in [6, 6.07) is 22.6. The number of hydrogen-bond donors (Lipinski definition) is 4. The predicted octanol–water partition coefficient (Wildman–Crippen LogP) is 13.7. The molecular weight excluding hydrogens is 1120 g/mol. The summed E-state index contributed by atoms with van der Waals surface area (Å²) in [7, 11) is -21.3. The number of aromatic nitrogens is 4. The van der Waals surface area contributed by atoms with Gasteiger partial charge in [0.15, 0.2) is 0 Å². The van der Waals surface area contributed by atoms with Crippen LogP contribution in [0, 0.1) is 21.7 Å².